The number of hydrogen-bond donors (Lipinski definition) is 0. The van der Waals surface area contributed by atoms with E-state index >= 15 is 0 Å². The third-order valence-corrected chi connectivity index (χ3v) is 3.15. The topological polar surface area (TPSA) is 17.1 Å². The molecular formula is C12H9BrO. The molecule has 14 heavy (non-hydrogen) atoms. The van der Waals surface area contributed by atoms with Crippen LogP contribution in [0.1, 0.15) is 15.9 Å². The Morgan fingerprint density at radius 1 is 1.21 bits per heavy atom. The summed E-state index contributed by atoms with van der Waals surface area (Å²) in [6.07, 6.45) is 0.867. The van der Waals surface area contributed by atoms with Crippen molar-refractivity contribution in [3.63, 3.8) is 0 Å². The molecule has 2 aromatic carbocycles. The Balaban J connectivity index is 2.86. The van der Waals surface area contributed by atoms with Crippen molar-refractivity contribution in [3.05, 3.63) is 45.9 Å². The van der Waals surface area contributed by atoms with Crippen LogP contribution in [0.5, 0.6) is 0 Å². The van der Waals surface area contributed by atoms with Crippen molar-refractivity contribution in [3.8, 4) is 0 Å². The molecule has 0 fully saturated rings. The third-order valence-electron chi connectivity index (χ3n) is 2.27. The van der Waals surface area contributed by atoms with E-state index in [1.54, 1.807) is 0 Å². The van der Waals surface area contributed by atoms with E-state index in [1.807, 2.05) is 19.1 Å². The van der Waals surface area contributed by atoms with Gasteiger partial charge in [-0.25, -0.2) is 0 Å². The maximum absolute atomic E-state index is 10.7. The number of hydrogen-bond acceptors (Lipinski definition) is 1. The Morgan fingerprint density at radius 3 is 2.64 bits per heavy atom. The van der Waals surface area contributed by atoms with Gasteiger partial charge in [0.2, 0.25) is 0 Å². The van der Waals surface area contributed by atoms with E-state index in [0.29, 0.717) is 5.56 Å². The van der Waals surface area contributed by atoms with Crippen molar-refractivity contribution >= 4 is 33.0 Å². The number of rotatable bonds is 1. The van der Waals surface area contributed by atoms with Crippen LogP contribution >= 0.6 is 15.9 Å². The zero-order chi connectivity index (χ0) is 10.1. The SMILES string of the molecule is Cc1ccc2ccc(C=O)c(Br)c2c1. The van der Waals surface area contributed by atoms with Gasteiger partial charge in [-0.1, -0.05) is 29.8 Å². The summed E-state index contributed by atoms with van der Waals surface area (Å²) in [4.78, 5) is 10.7. The van der Waals surface area contributed by atoms with Crippen molar-refractivity contribution in [1.82, 2.24) is 0 Å². The fourth-order valence-corrected chi connectivity index (χ4v) is 2.07. The summed E-state index contributed by atoms with van der Waals surface area (Å²) in [6, 6.07) is 9.99. The van der Waals surface area contributed by atoms with Gasteiger partial charge in [-0.2, -0.15) is 0 Å². The van der Waals surface area contributed by atoms with Gasteiger partial charge in [0.05, 0.1) is 0 Å². The largest absolute Gasteiger partial charge is 0.298 e. The lowest BCUT2D eigenvalue weighted by Crippen LogP contribution is -1.84. The van der Waals surface area contributed by atoms with Crippen LogP contribution in [0.2, 0.25) is 0 Å². The van der Waals surface area contributed by atoms with Crippen LogP contribution in [0, 0.1) is 6.92 Å². The number of fused-ring (bicyclic) bond motifs is 1. The molecule has 0 atom stereocenters. The summed E-state index contributed by atoms with van der Waals surface area (Å²) in [5.41, 5.74) is 1.89. The van der Waals surface area contributed by atoms with Gasteiger partial charge in [0.1, 0.15) is 0 Å². The first-order valence-corrected chi connectivity index (χ1v) is 5.16. The summed E-state index contributed by atoms with van der Waals surface area (Å²) >= 11 is 3.44. The van der Waals surface area contributed by atoms with Crippen LogP contribution in [0.25, 0.3) is 10.8 Å². The van der Waals surface area contributed by atoms with E-state index in [-0.39, 0.29) is 0 Å². The molecule has 0 heterocycles. The molecule has 0 saturated heterocycles. The van der Waals surface area contributed by atoms with Crippen LogP contribution in [0.3, 0.4) is 0 Å². The van der Waals surface area contributed by atoms with Crippen molar-refractivity contribution in [1.29, 1.82) is 0 Å². The molecular weight excluding hydrogens is 240 g/mol. The standard InChI is InChI=1S/C12H9BrO/c1-8-2-3-9-4-5-10(7-14)12(13)11(9)6-8/h2-7H,1H3. The highest BCUT2D eigenvalue weighted by Gasteiger charge is 2.03. The highest BCUT2D eigenvalue weighted by Crippen LogP contribution is 2.27. The first-order chi connectivity index (χ1) is 6.72. The third kappa shape index (κ3) is 1.46. The lowest BCUT2D eigenvalue weighted by atomic mass is 10.1. The summed E-state index contributed by atoms with van der Waals surface area (Å²) in [5.74, 6) is 0. The number of halogens is 1. The van der Waals surface area contributed by atoms with Crippen LogP contribution in [0.4, 0.5) is 0 Å². The normalized spacial score (nSPS) is 10.4. The Labute approximate surface area is 90.9 Å². The van der Waals surface area contributed by atoms with Crippen LogP contribution < -0.4 is 0 Å². The molecule has 2 aromatic rings. The van der Waals surface area contributed by atoms with Crippen molar-refractivity contribution in [2.75, 3.05) is 0 Å². The Morgan fingerprint density at radius 2 is 1.93 bits per heavy atom. The average molecular weight is 249 g/mol. The van der Waals surface area contributed by atoms with Crippen LogP contribution in [0.15, 0.2) is 34.8 Å². The molecule has 0 radical (unpaired) electrons. The van der Waals surface area contributed by atoms with E-state index in [4.69, 9.17) is 0 Å². The van der Waals surface area contributed by atoms with Gasteiger partial charge in [-0.15, -0.1) is 0 Å². The van der Waals surface area contributed by atoms with Crippen molar-refractivity contribution < 1.29 is 4.79 Å². The molecule has 0 aliphatic rings. The number of carbonyl (C=O) groups is 1. The highest BCUT2D eigenvalue weighted by molar-refractivity contribution is 9.10. The van der Waals surface area contributed by atoms with E-state index in [0.717, 1.165) is 21.5 Å². The first kappa shape index (κ1) is 9.41. The van der Waals surface area contributed by atoms with E-state index < -0.39 is 0 Å². The molecule has 0 saturated carbocycles. The number of benzene rings is 2. The van der Waals surface area contributed by atoms with Crippen molar-refractivity contribution in [2.24, 2.45) is 0 Å². The van der Waals surface area contributed by atoms with Gasteiger partial charge in [-0.05, 0) is 39.7 Å². The average Bonchev–Trinajstić information content (AvgIpc) is 2.20. The molecule has 0 aliphatic heterocycles. The fourth-order valence-electron chi connectivity index (χ4n) is 1.50. The minimum absolute atomic E-state index is 0.697. The van der Waals surface area contributed by atoms with Crippen molar-refractivity contribution in [2.45, 2.75) is 6.92 Å². The minimum Gasteiger partial charge on any atom is -0.298 e. The lowest BCUT2D eigenvalue weighted by Gasteiger charge is -2.04. The second-order valence-electron chi connectivity index (χ2n) is 3.31. The zero-order valence-corrected chi connectivity index (χ0v) is 9.34. The van der Waals surface area contributed by atoms with Gasteiger partial charge < -0.3 is 0 Å². The molecule has 0 spiro atoms. The highest BCUT2D eigenvalue weighted by atomic mass is 79.9. The van der Waals surface area contributed by atoms with Gasteiger partial charge in [0.25, 0.3) is 0 Å². The molecule has 2 heteroatoms. The van der Waals surface area contributed by atoms with Gasteiger partial charge in [-0.3, -0.25) is 4.79 Å². The predicted molar refractivity (Wildman–Crippen MR) is 61.8 cm³/mol. The van der Waals surface area contributed by atoms with E-state index in [9.17, 15) is 4.79 Å². The molecule has 0 amide bonds. The molecule has 0 aliphatic carbocycles. The summed E-state index contributed by atoms with van der Waals surface area (Å²) in [7, 11) is 0. The number of carbonyl (C=O) groups excluding carboxylic acids is 1. The zero-order valence-electron chi connectivity index (χ0n) is 7.75. The fraction of sp³-hybridized carbons (Fsp3) is 0.0833. The predicted octanol–water partition coefficient (Wildman–Crippen LogP) is 3.72. The number of aryl methyl sites for hydroxylation is 1. The molecule has 0 aromatic heterocycles. The van der Waals surface area contributed by atoms with E-state index in [2.05, 4.69) is 34.1 Å². The Kier molecular flexibility index (Phi) is 2.38. The molecule has 70 valence electrons. The monoisotopic (exact) mass is 248 g/mol. The Hall–Kier alpha value is -1.15. The quantitative estimate of drug-likeness (QED) is 0.704. The molecule has 0 unspecified atom stereocenters. The second-order valence-corrected chi connectivity index (χ2v) is 4.10. The molecule has 2 rings (SSSR count). The summed E-state index contributed by atoms with van der Waals surface area (Å²) in [6.45, 7) is 2.04. The van der Waals surface area contributed by atoms with Gasteiger partial charge in [0, 0.05) is 10.0 Å². The number of aldehydes is 1. The van der Waals surface area contributed by atoms with Crippen LogP contribution in [-0.2, 0) is 0 Å². The maximum atomic E-state index is 10.7. The molecule has 0 N–H and O–H groups in total. The smallest absolute Gasteiger partial charge is 0.151 e. The molecule has 0 bridgehead atoms. The lowest BCUT2D eigenvalue weighted by molar-refractivity contribution is 0.112. The van der Waals surface area contributed by atoms with Crippen LogP contribution in [-0.4, -0.2) is 6.29 Å². The Bertz CT molecular complexity index is 503. The molecule has 1 nitrogen and oxygen atoms in total. The van der Waals surface area contributed by atoms with Gasteiger partial charge >= 0.3 is 0 Å². The second kappa shape index (κ2) is 3.54. The first-order valence-electron chi connectivity index (χ1n) is 4.36. The summed E-state index contributed by atoms with van der Waals surface area (Å²) < 4.78 is 0.883. The van der Waals surface area contributed by atoms with Gasteiger partial charge in [0.15, 0.2) is 6.29 Å². The maximum Gasteiger partial charge on any atom is 0.151 e. The summed E-state index contributed by atoms with van der Waals surface area (Å²) in [5, 5.41) is 2.24. The minimum atomic E-state index is 0.697. The van der Waals surface area contributed by atoms with E-state index in [1.165, 1.54) is 5.56 Å².